The molecule has 3 nitrogen and oxygen atoms in total. The number of aromatic nitrogens is 2. The Hall–Kier alpha value is -0.830. The van der Waals surface area contributed by atoms with Crippen LogP contribution in [0.2, 0.25) is 0 Å². The van der Waals surface area contributed by atoms with Crippen molar-refractivity contribution in [1.29, 1.82) is 0 Å². The highest BCUT2D eigenvalue weighted by Crippen LogP contribution is 2.29. The van der Waals surface area contributed by atoms with Crippen LogP contribution in [0.15, 0.2) is 12.3 Å². The molecule has 1 unspecified atom stereocenters. The molecule has 1 aliphatic rings. The minimum Gasteiger partial charge on any atom is -0.323 e. The Labute approximate surface area is 98.0 Å². The van der Waals surface area contributed by atoms with Crippen molar-refractivity contribution in [2.45, 2.75) is 51.0 Å². The van der Waals surface area contributed by atoms with Crippen molar-refractivity contribution in [1.82, 2.24) is 9.78 Å². The monoisotopic (exact) mass is 221 g/mol. The summed E-state index contributed by atoms with van der Waals surface area (Å²) in [6.45, 7) is 0. The van der Waals surface area contributed by atoms with Crippen LogP contribution in [0.25, 0.3) is 0 Å². The zero-order valence-electron chi connectivity index (χ0n) is 10.2. The van der Waals surface area contributed by atoms with Gasteiger partial charge in [0.05, 0.1) is 5.69 Å². The predicted molar refractivity (Wildman–Crippen MR) is 65.9 cm³/mol. The molecule has 1 saturated carbocycles. The topological polar surface area (TPSA) is 43.8 Å². The van der Waals surface area contributed by atoms with Crippen molar-refractivity contribution in [3.8, 4) is 0 Å². The maximum atomic E-state index is 6.21. The Kier molecular flexibility index (Phi) is 3.99. The molecular formula is C13H23N3. The van der Waals surface area contributed by atoms with E-state index in [9.17, 15) is 0 Å². The van der Waals surface area contributed by atoms with Gasteiger partial charge in [0.2, 0.25) is 0 Å². The summed E-state index contributed by atoms with van der Waals surface area (Å²) in [5.41, 5.74) is 7.26. The highest BCUT2D eigenvalue weighted by atomic mass is 15.3. The van der Waals surface area contributed by atoms with E-state index in [1.165, 1.54) is 38.5 Å². The Morgan fingerprint density at radius 2 is 2.06 bits per heavy atom. The van der Waals surface area contributed by atoms with Crippen LogP contribution in [0.1, 0.15) is 56.7 Å². The van der Waals surface area contributed by atoms with E-state index < -0.39 is 0 Å². The first kappa shape index (κ1) is 11.6. The fraction of sp³-hybridized carbons (Fsp3) is 0.769. The molecule has 1 aromatic heterocycles. The van der Waals surface area contributed by atoms with E-state index in [4.69, 9.17) is 5.73 Å². The fourth-order valence-corrected chi connectivity index (χ4v) is 2.71. The number of nitrogens with two attached hydrogens (primary N) is 1. The van der Waals surface area contributed by atoms with Gasteiger partial charge in [0, 0.05) is 19.3 Å². The zero-order valence-corrected chi connectivity index (χ0v) is 10.2. The number of rotatable bonds is 3. The minimum atomic E-state index is 0.129. The van der Waals surface area contributed by atoms with Crippen molar-refractivity contribution in [3.05, 3.63) is 18.0 Å². The van der Waals surface area contributed by atoms with Gasteiger partial charge in [0.1, 0.15) is 0 Å². The summed E-state index contributed by atoms with van der Waals surface area (Å²) >= 11 is 0. The van der Waals surface area contributed by atoms with E-state index in [2.05, 4.69) is 5.10 Å². The lowest BCUT2D eigenvalue weighted by Crippen LogP contribution is -2.16. The van der Waals surface area contributed by atoms with Gasteiger partial charge in [-0.25, -0.2) is 0 Å². The minimum absolute atomic E-state index is 0.129. The molecule has 16 heavy (non-hydrogen) atoms. The first-order valence-electron chi connectivity index (χ1n) is 6.51. The molecule has 0 aliphatic heterocycles. The third kappa shape index (κ3) is 3.08. The van der Waals surface area contributed by atoms with Gasteiger partial charge >= 0.3 is 0 Å². The van der Waals surface area contributed by atoms with Crippen molar-refractivity contribution >= 4 is 0 Å². The summed E-state index contributed by atoms with van der Waals surface area (Å²) < 4.78 is 1.84. The van der Waals surface area contributed by atoms with Gasteiger partial charge in [0.25, 0.3) is 0 Å². The SMILES string of the molecule is Cn1ccc(C(N)CC2CCCCCC2)n1. The van der Waals surface area contributed by atoms with Crippen LogP contribution in [0.3, 0.4) is 0 Å². The molecule has 1 atom stereocenters. The average molecular weight is 221 g/mol. The van der Waals surface area contributed by atoms with Gasteiger partial charge in [-0.1, -0.05) is 38.5 Å². The number of aryl methyl sites for hydroxylation is 1. The second kappa shape index (κ2) is 5.48. The normalized spacial score (nSPS) is 20.6. The van der Waals surface area contributed by atoms with E-state index in [1.807, 2.05) is 24.0 Å². The van der Waals surface area contributed by atoms with Crippen LogP contribution >= 0.6 is 0 Å². The lowest BCUT2D eigenvalue weighted by molar-refractivity contribution is 0.388. The van der Waals surface area contributed by atoms with Gasteiger partial charge < -0.3 is 5.73 Å². The van der Waals surface area contributed by atoms with Crippen molar-refractivity contribution < 1.29 is 0 Å². The molecule has 1 heterocycles. The lowest BCUT2D eigenvalue weighted by Gasteiger charge is -2.17. The van der Waals surface area contributed by atoms with Crippen molar-refractivity contribution in [2.75, 3.05) is 0 Å². The Morgan fingerprint density at radius 3 is 2.62 bits per heavy atom. The molecule has 90 valence electrons. The summed E-state index contributed by atoms with van der Waals surface area (Å²) in [5.74, 6) is 0.819. The summed E-state index contributed by atoms with van der Waals surface area (Å²) in [4.78, 5) is 0. The molecule has 2 N–H and O–H groups in total. The van der Waals surface area contributed by atoms with Crippen molar-refractivity contribution in [3.63, 3.8) is 0 Å². The van der Waals surface area contributed by atoms with Crippen LogP contribution in [0, 0.1) is 5.92 Å². The maximum absolute atomic E-state index is 6.21. The first-order chi connectivity index (χ1) is 7.75. The quantitative estimate of drug-likeness (QED) is 0.798. The molecule has 1 fully saturated rings. The number of nitrogens with zero attached hydrogens (tertiary/aromatic N) is 2. The molecular weight excluding hydrogens is 198 g/mol. The second-order valence-corrected chi connectivity index (χ2v) is 5.11. The summed E-state index contributed by atoms with van der Waals surface area (Å²) in [6, 6.07) is 2.17. The summed E-state index contributed by atoms with van der Waals surface area (Å²) in [7, 11) is 1.95. The molecule has 0 amide bonds. The third-order valence-corrected chi connectivity index (χ3v) is 3.68. The molecule has 0 saturated heterocycles. The van der Waals surface area contributed by atoms with Crippen LogP contribution in [-0.2, 0) is 7.05 Å². The van der Waals surface area contributed by atoms with Crippen LogP contribution in [-0.4, -0.2) is 9.78 Å². The molecule has 1 aliphatic carbocycles. The van der Waals surface area contributed by atoms with Crippen LogP contribution in [0.5, 0.6) is 0 Å². The number of hydrogen-bond donors (Lipinski definition) is 1. The third-order valence-electron chi connectivity index (χ3n) is 3.68. The molecule has 1 aromatic rings. The van der Waals surface area contributed by atoms with E-state index in [0.717, 1.165) is 18.0 Å². The van der Waals surface area contributed by atoms with Crippen LogP contribution < -0.4 is 5.73 Å². The van der Waals surface area contributed by atoms with Gasteiger partial charge in [-0.05, 0) is 18.4 Å². The van der Waals surface area contributed by atoms with Gasteiger partial charge in [0.15, 0.2) is 0 Å². The number of hydrogen-bond acceptors (Lipinski definition) is 2. The zero-order chi connectivity index (χ0) is 11.4. The lowest BCUT2D eigenvalue weighted by atomic mass is 9.92. The Balaban J connectivity index is 1.88. The smallest absolute Gasteiger partial charge is 0.0791 e. The average Bonchev–Trinajstić information content (AvgIpc) is 2.54. The largest absolute Gasteiger partial charge is 0.323 e. The molecule has 2 rings (SSSR count). The maximum Gasteiger partial charge on any atom is 0.0791 e. The standard InChI is InChI=1S/C13H23N3/c1-16-9-8-13(15-16)12(14)10-11-6-4-2-3-5-7-11/h8-9,11-12H,2-7,10,14H2,1H3. The molecule has 0 spiro atoms. The molecule has 0 radical (unpaired) electrons. The first-order valence-corrected chi connectivity index (χ1v) is 6.51. The van der Waals surface area contributed by atoms with E-state index in [1.54, 1.807) is 0 Å². The van der Waals surface area contributed by atoms with Gasteiger partial charge in [-0.2, -0.15) is 5.10 Å². The predicted octanol–water partition coefficient (Wildman–Crippen LogP) is 2.78. The van der Waals surface area contributed by atoms with E-state index in [0.29, 0.717) is 0 Å². The Morgan fingerprint density at radius 1 is 1.38 bits per heavy atom. The highest BCUT2D eigenvalue weighted by molar-refractivity contribution is 5.04. The summed E-state index contributed by atoms with van der Waals surface area (Å²) in [6.07, 6.45) is 11.4. The fourth-order valence-electron chi connectivity index (χ4n) is 2.71. The van der Waals surface area contributed by atoms with Crippen LogP contribution in [0.4, 0.5) is 0 Å². The van der Waals surface area contributed by atoms with E-state index >= 15 is 0 Å². The highest BCUT2D eigenvalue weighted by Gasteiger charge is 2.18. The van der Waals surface area contributed by atoms with Gasteiger partial charge in [-0.3, -0.25) is 4.68 Å². The van der Waals surface area contributed by atoms with E-state index in [-0.39, 0.29) is 6.04 Å². The van der Waals surface area contributed by atoms with Crippen molar-refractivity contribution in [2.24, 2.45) is 18.7 Å². The molecule has 0 aromatic carbocycles. The molecule has 0 bridgehead atoms. The molecule has 3 heteroatoms. The second-order valence-electron chi connectivity index (χ2n) is 5.11. The summed E-state index contributed by atoms with van der Waals surface area (Å²) in [5, 5.41) is 4.39. The Bertz CT molecular complexity index is 311. The van der Waals surface area contributed by atoms with Gasteiger partial charge in [-0.15, -0.1) is 0 Å².